The van der Waals surface area contributed by atoms with E-state index in [9.17, 15) is 4.39 Å². The van der Waals surface area contributed by atoms with E-state index in [0.29, 0.717) is 5.92 Å². The predicted molar refractivity (Wildman–Crippen MR) is 39.3 cm³/mol. The van der Waals surface area contributed by atoms with E-state index >= 15 is 0 Å². The second kappa shape index (κ2) is 2.19. The molecule has 0 bridgehead atoms. The summed E-state index contributed by atoms with van der Waals surface area (Å²) in [6.07, 6.45) is 4.14. The second-order valence-electron chi connectivity index (χ2n) is 2.97. The molecule has 3 heteroatoms. The molecule has 0 amide bonds. The molecule has 1 heterocycles. The van der Waals surface area contributed by atoms with E-state index in [0.717, 1.165) is 5.56 Å². The van der Waals surface area contributed by atoms with Gasteiger partial charge in [0, 0.05) is 0 Å². The van der Waals surface area contributed by atoms with Gasteiger partial charge in [-0.25, -0.2) is 4.98 Å². The highest BCUT2D eigenvalue weighted by Crippen LogP contribution is 2.39. The highest BCUT2D eigenvalue weighted by molar-refractivity contribution is 5.28. The predicted octanol–water partition coefficient (Wildman–Crippen LogP) is 1.10. The van der Waals surface area contributed by atoms with E-state index in [1.807, 2.05) is 0 Å². The number of nitrogens with one attached hydrogen (secondary N) is 1. The minimum absolute atomic E-state index is 0.120. The summed E-state index contributed by atoms with van der Waals surface area (Å²) < 4.78 is 12.8. The smallest absolute Gasteiger partial charge is 0.285 e. The van der Waals surface area contributed by atoms with Crippen molar-refractivity contribution in [1.29, 1.82) is 0 Å². The Hall–Kier alpha value is -1.12. The van der Waals surface area contributed by atoms with Crippen LogP contribution in [0.2, 0.25) is 0 Å². The van der Waals surface area contributed by atoms with Crippen LogP contribution in [0, 0.1) is 5.82 Å². The van der Waals surface area contributed by atoms with E-state index in [1.54, 1.807) is 6.20 Å². The summed E-state index contributed by atoms with van der Waals surface area (Å²) >= 11 is 0. The van der Waals surface area contributed by atoms with E-state index in [-0.39, 0.29) is 11.6 Å². The first-order valence-electron chi connectivity index (χ1n) is 3.74. The fourth-order valence-electron chi connectivity index (χ4n) is 1.15. The molecular weight excluding hydrogens is 143 g/mol. The Labute approximate surface area is 64.2 Å². The summed E-state index contributed by atoms with van der Waals surface area (Å²) in [5, 5.41) is 0. The first kappa shape index (κ1) is 6.58. The monoisotopic (exact) mass is 153 g/mol. The SMILES string of the molecule is Nc1[nH+]cc(C2CC2)cc1F. The van der Waals surface area contributed by atoms with Crippen molar-refractivity contribution in [3.05, 3.63) is 23.6 Å². The fraction of sp³-hybridized carbons (Fsp3) is 0.375. The first-order chi connectivity index (χ1) is 5.27. The van der Waals surface area contributed by atoms with Crippen molar-refractivity contribution < 1.29 is 9.37 Å². The van der Waals surface area contributed by atoms with E-state index in [4.69, 9.17) is 5.73 Å². The van der Waals surface area contributed by atoms with Crippen LogP contribution in [0.5, 0.6) is 0 Å². The van der Waals surface area contributed by atoms with Gasteiger partial charge in [-0.15, -0.1) is 0 Å². The van der Waals surface area contributed by atoms with Gasteiger partial charge in [-0.05, 0) is 30.4 Å². The topological polar surface area (TPSA) is 40.2 Å². The van der Waals surface area contributed by atoms with E-state index in [2.05, 4.69) is 4.98 Å². The fourth-order valence-corrected chi connectivity index (χ4v) is 1.15. The molecular formula is C8H10FN2+. The third kappa shape index (κ3) is 1.18. The van der Waals surface area contributed by atoms with Gasteiger partial charge in [0.1, 0.15) is 0 Å². The summed E-state index contributed by atoms with van der Waals surface area (Å²) in [5.74, 6) is 0.352. The van der Waals surface area contributed by atoms with Gasteiger partial charge in [-0.2, -0.15) is 4.39 Å². The Morgan fingerprint density at radius 3 is 2.82 bits per heavy atom. The lowest BCUT2D eigenvalue weighted by molar-refractivity contribution is -0.363. The molecule has 11 heavy (non-hydrogen) atoms. The van der Waals surface area contributed by atoms with Crippen molar-refractivity contribution in [2.45, 2.75) is 18.8 Å². The molecule has 0 aromatic carbocycles. The number of H-pyrrole nitrogens is 1. The highest BCUT2D eigenvalue weighted by Gasteiger charge is 2.25. The van der Waals surface area contributed by atoms with Gasteiger partial charge in [-0.1, -0.05) is 0 Å². The van der Waals surface area contributed by atoms with Gasteiger partial charge >= 0.3 is 5.82 Å². The van der Waals surface area contributed by atoms with Crippen molar-refractivity contribution in [2.75, 3.05) is 5.73 Å². The number of pyridine rings is 1. The number of nitrogens with two attached hydrogens (primary N) is 1. The molecule has 0 saturated heterocycles. The molecule has 0 unspecified atom stereocenters. The zero-order chi connectivity index (χ0) is 7.84. The normalized spacial score (nSPS) is 16.8. The molecule has 2 nitrogen and oxygen atoms in total. The largest absolute Gasteiger partial charge is 0.306 e. The zero-order valence-corrected chi connectivity index (χ0v) is 6.10. The van der Waals surface area contributed by atoms with Gasteiger partial charge in [0.25, 0.3) is 0 Å². The lowest BCUT2D eigenvalue weighted by atomic mass is 10.2. The first-order valence-corrected chi connectivity index (χ1v) is 3.74. The number of hydrogen-bond donors (Lipinski definition) is 1. The lowest BCUT2D eigenvalue weighted by Crippen LogP contribution is -2.12. The van der Waals surface area contributed by atoms with Gasteiger partial charge in [0.2, 0.25) is 5.82 Å². The van der Waals surface area contributed by atoms with Crippen LogP contribution in [0.25, 0.3) is 0 Å². The Bertz CT molecular complexity index is 281. The molecule has 0 radical (unpaired) electrons. The van der Waals surface area contributed by atoms with Crippen molar-refractivity contribution in [1.82, 2.24) is 0 Å². The quantitative estimate of drug-likeness (QED) is 0.644. The molecule has 0 atom stereocenters. The average Bonchev–Trinajstić information content (AvgIpc) is 2.77. The van der Waals surface area contributed by atoms with Crippen LogP contribution in [0.1, 0.15) is 24.3 Å². The van der Waals surface area contributed by atoms with Crippen molar-refractivity contribution in [3.8, 4) is 0 Å². The molecule has 0 aliphatic heterocycles. The zero-order valence-electron chi connectivity index (χ0n) is 6.10. The number of aromatic amines is 1. The Balaban J connectivity index is 2.36. The minimum atomic E-state index is -0.339. The molecule has 1 aromatic rings. The summed E-state index contributed by atoms with van der Waals surface area (Å²) in [5.41, 5.74) is 6.32. The number of hydrogen-bond acceptors (Lipinski definition) is 1. The summed E-state index contributed by atoms with van der Waals surface area (Å²) in [6, 6.07) is 1.52. The summed E-state index contributed by atoms with van der Waals surface area (Å²) in [6.45, 7) is 0. The molecule has 1 aromatic heterocycles. The molecule has 1 aliphatic rings. The second-order valence-corrected chi connectivity index (χ2v) is 2.97. The van der Waals surface area contributed by atoms with Crippen LogP contribution in [-0.4, -0.2) is 0 Å². The van der Waals surface area contributed by atoms with Crippen molar-refractivity contribution >= 4 is 5.82 Å². The van der Waals surface area contributed by atoms with Crippen molar-refractivity contribution in [3.63, 3.8) is 0 Å². The number of anilines is 1. The molecule has 2 rings (SSSR count). The van der Waals surface area contributed by atoms with Crippen LogP contribution in [0.4, 0.5) is 10.2 Å². The van der Waals surface area contributed by atoms with Crippen LogP contribution >= 0.6 is 0 Å². The average molecular weight is 153 g/mol. The van der Waals surface area contributed by atoms with Gasteiger partial charge in [0.05, 0.1) is 6.20 Å². The van der Waals surface area contributed by atoms with Crippen LogP contribution < -0.4 is 10.7 Å². The molecule has 0 spiro atoms. The molecule has 1 aliphatic carbocycles. The number of halogens is 1. The Morgan fingerprint density at radius 1 is 1.55 bits per heavy atom. The van der Waals surface area contributed by atoms with Crippen molar-refractivity contribution in [2.24, 2.45) is 0 Å². The highest BCUT2D eigenvalue weighted by atomic mass is 19.1. The van der Waals surface area contributed by atoms with E-state index in [1.165, 1.54) is 18.9 Å². The maximum Gasteiger partial charge on any atom is 0.306 e. The summed E-state index contributed by atoms with van der Waals surface area (Å²) in [7, 11) is 0. The summed E-state index contributed by atoms with van der Waals surface area (Å²) in [4.78, 5) is 2.69. The standard InChI is InChI=1S/C8H9FN2/c9-7-3-6(5-1-2-5)4-11-8(7)10/h3-5H,1-2H2,(H2,10,11)/p+1. The molecule has 1 saturated carbocycles. The van der Waals surface area contributed by atoms with Crippen LogP contribution in [-0.2, 0) is 0 Å². The number of rotatable bonds is 1. The number of nitrogen functional groups attached to an aromatic ring is 1. The van der Waals surface area contributed by atoms with E-state index < -0.39 is 0 Å². The lowest BCUT2D eigenvalue weighted by Gasteiger charge is -1.94. The van der Waals surface area contributed by atoms with Gasteiger partial charge < -0.3 is 0 Å². The maximum atomic E-state index is 12.8. The van der Waals surface area contributed by atoms with Crippen LogP contribution in [0.3, 0.4) is 0 Å². The maximum absolute atomic E-state index is 12.8. The molecule has 1 fully saturated rings. The molecule has 3 N–H and O–H groups in total. The third-order valence-electron chi connectivity index (χ3n) is 1.99. The molecule has 58 valence electrons. The van der Waals surface area contributed by atoms with Crippen LogP contribution in [0.15, 0.2) is 12.3 Å². The third-order valence-corrected chi connectivity index (χ3v) is 1.99. The Kier molecular flexibility index (Phi) is 1.31. The Morgan fingerprint density at radius 2 is 2.27 bits per heavy atom. The van der Waals surface area contributed by atoms with Gasteiger partial charge in [-0.3, -0.25) is 5.73 Å². The number of aromatic nitrogens is 1. The van der Waals surface area contributed by atoms with Gasteiger partial charge in [0.15, 0.2) is 0 Å². The minimum Gasteiger partial charge on any atom is -0.285 e.